The lowest BCUT2D eigenvalue weighted by Crippen LogP contribution is -2.36. The number of carbonyl (C=O) groups excluding carboxylic acids is 1. The zero-order chi connectivity index (χ0) is 14.0. The zero-order valence-electron chi connectivity index (χ0n) is 11.4. The average molecular weight is 277 g/mol. The Morgan fingerprint density at radius 2 is 2.26 bits per heavy atom. The predicted molar refractivity (Wildman–Crippen MR) is 80.4 cm³/mol. The number of thiophene rings is 1. The van der Waals surface area contributed by atoms with Crippen molar-refractivity contribution < 1.29 is 4.79 Å². The van der Waals surface area contributed by atoms with Gasteiger partial charge in [-0.1, -0.05) is 20.3 Å². The number of fused-ring (bicyclic) bond motifs is 1. The van der Waals surface area contributed by atoms with Gasteiger partial charge >= 0.3 is 0 Å². The molecule has 4 nitrogen and oxygen atoms in total. The van der Waals surface area contributed by atoms with Gasteiger partial charge in [-0.05, 0) is 18.9 Å². The fraction of sp³-hybridized carbons (Fsp3) is 0.429. The monoisotopic (exact) mass is 277 g/mol. The molecular formula is C14H19N3OS. The molecule has 0 bridgehead atoms. The minimum atomic E-state index is -0.0912. The minimum absolute atomic E-state index is 0.0912. The third-order valence-corrected chi connectivity index (χ3v) is 4.75. The molecule has 2 rings (SSSR count). The van der Waals surface area contributed by atoms with Gasteiger partial charge in [-0.15, -0.1) is 11.3 Å². The number of pyridine rings is 1. The van der Waals surface area contributed by atoms with Gasteiger partial charge in [0.25, 0.3) is 5.91 Å². The van der Waals surface area contributed by atoms with E-state index in [2.05, 4.69) is 24.1 Å². The molecule has 0 radical (unpaired) electrons. The molecule has 2 heterocycles. The van der Waals surface area contributed by atoms with Gasteiger partial charge in [0.15, 0.2) is 0 Å². The number of aromatic nitrogens is 1. The fourth-order valence-corrected chi connectivity index (χ4v) is 2.90. The molecule has 0 aromatic carbocycles. The third-order valence-electron chi connectivity index (χ3n) is 3.59. The molecule has 2 aromatic rings. The van der Waals surface area contributed by atoms with Crippen LogP contribution < -0.4 is 11.1 Å². The van der Waals surface area contributed by atoms with Crippen LogP contribution in [0.5, 0.6) is 0 Å². The van der Waals surface area contributed by atoms with Crippen LogP contribution in [-0.2, 0) is 0 Å². The Labute approximate surface area is 117 Å². The molecule has 2 unspecified atom stereocenters. The van der Waals surface area contributed by atoms with Crippen molar-refractivity contribution in [3.8, 4) is 0 Å². The summed E-state index contributed by atoms with van der Waals surface area (Å²) in [5.41, 5.74) is 6.60. The molecule has 2 aromatic heterocycles. The van der Waals surface area contributed by atoms with Crippen LogP contribution in [0.15, 0.2) is 18.5 Å². The highest BCUT2D eigenvalue weighted by atomic mass is 32.1. The summed E-state index contributed by atoms with van der Waals surface area (Å²) in [6.07, 6.45) is 4.47. The molecule has 2 atom stereocenters. The molecule has 0 saturated carbocycles. The van der Waals surface area contributed by atoms with Crippen molar-refractivity contribution in [1.29, 1.82) is 0 Å². The number of nitrogens with one attached hydrogen (secondary N) is 1. The summed E-state index contributed by atoms with van der Waals surface area (Å²) < 4.78 is 0.946. The van der Waals surface area contributed by atoms with Crippen LogP contribution in [0.3, 0.4) is 0 Å². The summed E-state index contributed by atoms with van der Waals surface area (Å²) in [4.78, 5) is 16.9. The van der Waals surface area contributed by atoms with Crippen LogP contribution in [0.2, 0.25) is 0 Å². The lowest BCUT2D eigenvalue weighted by Gasteiger charge is -2.19. The van der Waals surface area contributed by atoms with Crippen LogP contribution in [0.4, 0.5) is 5.69 Å². The third kappa shape index (κ3) is 2.71. The van der Waals surface area contributed by atoms with Gasteiger partial charge in [0, 0.05) is 23.8 Å². The van der Waals surface area contributed by atoms with Crippen LogP contribution in [0, 0.1) is 5.92 Å². The standard InChI is InChI=1S/C14H19N3OS/c1-4-8(2)9(3)17-14(18)13-12(15)10-5-6-16-7-11(10)19-13/h5-9H,4,15H2,1-3H3,(H,17,18). The van der Waals surface area contributed by atoms with Crippen molar-refractivity contribution >= 4 is 33.0 Å². The highest BCUT2D eigenvalue weighted by Crippen LogP contribution is 2.32. The van der Waals surface area contributed by atoms with Gasteiger partial charge in [0.1, 0.15) is 4.88 Å². The maximum Gasteiger partial charge on any atom is 0.263 e. The summed E-state index contributed by atoms with van der Waals surface area (Å²) in [6.45, 7) is 6.27. The summed E-state index contributed by atoms with van der Waals surface area (Å²) >= 11 is 1.39. The zero-order valence-corrected chi connectivity index (χ0v) is 12.3. The van der Waals surface area contributed by atoms with Crippen molar-refractivity contribution in [1.82, 2.24) is 10.3 Å². The van der Waals surface area contributed by atoms with E-state index in [1.165, 1.54) is 11.3 Å². The Morgan fingerprint density at radius 3 is 2.89 bits per heavy atom. The normalized spacial score (nSPS) is 14.3. The second kappa shape index (κ2) is 5.57. The van der Waals surface area contributed by atoms with Gasteiger partial charge in [0.05, 0.1) is 10.4 Å². The number of hydrogen-bond donors (Lipinski definition) is 2. The van der Waals surface area contributed by atoms with E-state index in [9.17, 15) is 4.79 Å². The SMILES string of the molecule is CCC(C)C(C)NC(=O)c1sc2cnccc2c1N. The lowest BCUT2D eigenvalue weighted by molar-refractivity contribution is 0.0933. The fourth-order valence-electron chi connectivity index (χ4n) is 1.91. The Balaban J connectivity index is 2.24. The second-order valence-corrected chi connectivity index (χ2v) is 5.92. The topological polar surface area (TPSA) is 68.0 Å². The van der Waals surface area contributed by atoms with E-state index in [-0.39, 0.29) is 11.9 Å². The molecular weight excluding hydrogens is 258 g/mol. The smallest absolute Gasteiger partial charge is 0.263 e. The lowest BCUT2D eigenvalue weighted by atomic mass is 10.0. The van der Waals surface area contributed by atoms with Crippen LogP contribution in [-0.4, -0.2) is 16.9 Å². The summed E-state index contributed by atoms with van der Waals surface area (Å²) in [6, 6.07) is 1.98. The maximum absolute atomic E-state index is 12.3. The largest absolute Gasteiger partial charge is 0.397 e. The first kappa shape index (κ1) is 13.8. The Bertz CT molecular complexity index is 593. The molecule has 0 aliphatic heterocycles. The molecule has 0 saturated heterocycles. The first-order chi connectivity index (χ1) is 9.04. The molecule has 0 fully saturated rings. The van der Waals surface area contributed by atoms with E-state index >= 15 is 0 Å². The second-order valence-electron chi connectivity index (χ2n) is 4.86. The van der Waals surface area contributed by atoms with Crippen LogP contribution in [0.1, 0.15) is 36.9 Å². The van der Waals surface area contributed by atoms with Crippen LogP contribution >= 0.6 is 11.3 Å². The Kier molecular flexibility index (Phi) is 4.04. The number of carbonyl (C=O) groups is 1. The summed E-state index contributed by atoms with van der Waals surface area (Å²) in [5, 5.41) is 3.92. The number of anilines is 1. The molecule has 1 amide bonds. The number of nitrogen functional groups attached to an aromatic ring is 1. The predicted octanol–water partition coefficient (Wildman–Crippen LogP) is 3.04. The Hall–Kier alpha value is -1.62. The number of nitrogens with two attached hydrogens (primary N) is 1. The van der Waals surface area contributed by atoms with Crippen molar-refractivity contribution in [2.24, 2.45) is 5.92 Å². The molecule has 3 N–H and O–H groups in total. The highest BCUT2D eigenvalue weighted by molar-refractivity contribution is 7.21. The first-order valence-corrected chi connectivity index (χ1v) is 7.29. The quantitative estimate of drug-likeness (QED) is 0.902. The minimum Gasteiger partial charge on any atom is -0.397 e. The number of nitrogens with zero attached hydrogens (tertiary/aromatic N) is 1. The molecule has 19 heavy (non-hydrogen) atoms. The van der Waals surface area contributed by atoms with Crippen molar-refractivity contribution in [3.63, 3.8) is 0 Å². The van der Waals surface area contributed by atoms with E-state index in [0.717, 1.165) is 16.5 Å². The van der Waals surface area contributed by atoms with Gasteiger partial charge in [-0.25, -0.2) is 0 Å². The summed E-state index contributed by atoms with van der Waals surface area (Å²) in [5.74, 6) is 0.354. The van der Waals surface area contributed by atoms with Crippen molar-refractivity contribution in [3.05, 3.63) is 23.3 Å². The maximum atomic E-state index is 12.3. The van der Waals surface area contributed by atoms with E-state index in [1.807, 2.05) is 13.0 Å². The molecule has 0 spiro atoms. The van der Waals surface area contributed by atoms with Crippen LogP contribution in [0.25, 0.3) is 10.1 Å². The number of hydrogen-bond acceptors (Lipinski definition) is 4. The molecule has 0 aliphatic carbocycles. The first-order valence-electron chi connectivity index (χ1n) is 6.47. The van der Waals surface area contributed by atoms with Gasteiger partial charge in [0.2, 0.25) is 0 Å². The average Bonchev–Trinajstić information content (AvgIpc) is 2.75. The Morgan fingerprint density at radius 1 is 1.53 bits per heavy atom. The van der Waals surface area contributed by atoms with E-state index in [0.29, 0.717) is 16.5 Å². The highest BCUT2D eigenvalue weighted by Gasteiger charge is 2.19. The van der Waals surface area contributed by atoms with E-state index < -0.39 is 0 Å². The van der Waals surface area contributed by atoms with E-state index in [1.54, 1.807) is 12.4 Å². The molecule has 5 heteroatoms. The van der Waals surface area contributed by atoms with Crippen molar-refractivity contribution in [2.45, 2.75) is 33.2 Å². The molecule has 102 valence electrons. The number of amides is 1. The van der Waals surface area contributed by atoms with Gasteiger partial charge < -0.3 is 11.1 Å². The van der Waals surface area contributed by atoms with Gasteiger partial charge in [-0.3, -0.25) is 9.78 Å². The van der Waals surface area contributed by atoms with Gasteiger partial charge in [-0.2, -0.15) is 0 Å². The van der Waals surface area contributed by atoms with E-state index in [4.69, 9.17) is 5.73 Å². The van der Waals surface area contributed by atoms with Crippen molar-refractivity contribution in [2.75, 3.05) is 5.73 Å². The summed E-state index contributed by atoms with van der Waals surface area (Å²) in [7, 11) is 0. The molecule has 0 aliphatic rings. The number of rotatable bonds is 4.